The van der Waals surface area contributed by atoms with Gasteiger partial charge in [0.15, 0.2) is 5.01 Å². The highest BCUT2D eigenvalue weighted by atomic mass is 35.5. The van der Waals surface area contributed by atoms with Gasteiger partial charge in [-0.05, 0) is 37.7 Å². The highest BCUT2D eigenvalue weighted by molar-refractivity contribution is 7.88. The lowest BCUT2D eigenvalue weighted by atomic mass is 10.0. The first-order valence-electron chi connectivity index (χ1n) is 11.6. The van der Waals surface area contributed by atoms with Gasteiger partial charge in [-0.2, -0.15) is 4.31 Å². The number of likely N-dealkylation sites (N-methyl/N-ethyl adjacent to an activating group) is 1. The van der Waals surface area contributed by atoms with Crippen LogP contribution in [-0.2, 0) is 23.0 Å². The van der Waals surface area contributed by atoms with Gasteiger partial charge < -0.3 is 20.5 Å². The largest absolute Gasteiger partial charge is 0.351 e. The maximum Gasteiger partial charge on any atom is 0.280 e. The van der Waals surface area contributed by atoms with Gasteiger partial charge in [0.25, 0.3) is 11.8 Å². The van der Waals surface area contributed by atoms with Crippen LogP contribution in [0, 0.1) is 0 Å². The molecule has 2 aliphatic rings. The van der Waals surface area contributed by atoms with E-state index in [1.54, 1.807) is 24.3 Å². The fourth-order valence-electron chi connectivity index (χ4n) is 4.66. The number of hydrogen-bond donors (Lipinski definition) is 3. The smallest absolute Gasteiger partial charge is 0.280 e. The summed E-state index contributed by atoms with van der Waals surface area (Å²) in [6, 6.07) is 5.88. The van der Waals surface area contributed by atoms with Gasteiger partial charge in [0.05, 0.1) is 24.0 Å². The highest BCUT2D eigenvalue weighted by Crippen LogP contribution is 2.25. The van der Waals surface area contributed by atoms with Crippen LogP contribution in [0.4, 0.5) is 0 Å². The van der Waals surface area contributed by atoms with Gasteiger partial charge in [-0.3, -0.25) is 9.59 Å². The Balaban J connectivity index is 1.34. The Morgan fingerprint density at radius 3 is 2.72 bits per heavy atom. The summed E-state index contributed by atoms with van der Waals surface area (Å²) in [5.74, 6) is -0.705. The van der Waals surface area contributed by atoms with Crippen LogP contribution in [-0.4, -0.2) is 84.4 Å². The second kappa shape index (κ2) is 9.75. The first kappa shape index (κ1) is 25.2. The molecule has 5 rings (SSSR count). The average molecular weight is 551 g/mol. The molecule has 2 atom stereocenters. The second-order valence-corrected chi connectivity index (χ2v) is 12.9. The van der Waals surface area contributed by atoms with Crippen molar-refractivity contribution >= 4 is 55.7 Å². The van der Waals surface area contributed by atoms with Crippen molar-refractivity contribution in [2.45, 2.75) is 31.5 Å². The van der Waals surface area contributed by atoms with Crippen LogP contribution in [0.3, 0.4) is 0 Å². The summed E-state index contributed by atoms with van der Waals surface area (Å²) in [6.45, 7) is 1.97. The SMILES string of the molecule is CN1CCc2nc(C(=O)N[C@@H]3CCN(S(C)(=O)=O)CC3NC(=O)c3cc4cc(Cl)ccc4[nH]3)sc2C1. The zero-order chi connectivity index (χ0) is 25.6. The molecule has 192 valence electrons. The molecule has 1 unspecified atom stereocenters. The molecule has 1 saturated heterocycles. The van der Waals surface area contributed by atoms with E-state index in [1.165, 1.54) is 15.6 Å². The number of thiazole rings is 1. The van der Waals surface area contributed by atoms with Gasteiger partial charge in [-0.1, -0.05) is 11.6 Å². The minimum Gasteiger partial charge on any atom is -0.351 e. The van der Waals surface area contributed by atoms with E-state index in [-0.39, 0.29) is 19.0 Å². The van der Waals surface area contributed by atoms with E-state index in [0.29, 0.717) is 22.1 Å². The lowest BCUT2D eigenvalue weighted by Crippen LogP contribution is -2.61. The van der Waals surface area contributed by atoms with E-state index in [4.69, 9.17) is 11.6 Å². The minimum absolute atomic E-state index is 0.0563. The number of hydrogen-bond acceptors (Lipinski definition) is 7. The first-order chi connectivity index (χ1) is 17.1. The van der Waals surface area contributed by atoms with Crippen molar-refractivity contribution in [2.75, 3.05) is 32.9 Å². The molecular formula is C23H27ClN6O4S2. The molecule has 0 aliphatic carbocycles. The number of aromatic amines is 1. The number of nitrogens with one attached hydrogen (secondary N) is 3. The molecular weight excluding hydrogens is 524 g/mol. The number of amides is 2. The molecule has 3 aromatic rings. The number of sulfonamides is 1. The molecule has 2 amide bonds. The molecule has 4 heterocycles. The monoisotopic (exact) mass is 550 g/mol. The predicted octanol–water partition coefficient (Wildman–Crippen LogP) is 1.83. The van der Waals surface area contributed by atoms with Crippen LogP contribution in [0.25, 0.3) is 10.9 Å². The van der Waals surface area contributed by atoms with Gasteiger partial charge in [-0.15, -0.1) is 11.3 Å². The van der Waals surface area contributed by atoms with Crippen LogP contribution in [0.5, 0.6) is 0 Å². The Morgan fingerprint density at radius 2 is 1.94 bits per heavy atom. The van der Waals surface area contributed by atoms with Crippen molar-refractivity contribution in [1.29, 1.82) is 0 Å². The van der Waals surface area contributed by atoms with E-state index in [9.17, 15) is 18.0 Å². The standard InChI is InChI=1S/C23H27ClN6O4S2/c1-29-7-5-17-20(12-29)35-23(28-17)22(32)26-16-6-8-30(36(2,33)34)11-19(16)27-21(31)18-10-13-9-14(24)3-4-15(13)25-18/h3-4,9-10,16,19,25H,5-8,11-12H2,1-2H3,(H,26,32)(H,27,31)/t16-,19?/m1/s1. The van der Waals surface area contributed by atoms with Gasteiger partial charge in [-0.25, -0.2) is 13.4 Å². The Hall–Kier alpha value is -2.51. The summed E-state index contributed by atoms with van der Waals surface area (Å²) < 4.78 is 25.8. The number of nitrogens with zero attached hydrogens (tertiary/aromatic N) is 3. The minimum atomic E-state index is -3.46. The molecule has 0 radical (unpaired) electrons. The van der Waals surface area contributed by atoms with E-state index >= 15 is 0 Å². The van der Waals surface area contributed by atoms with Crippen LogP contribution in [0.2, 0.25) is 5.02 Å². The number of carbonyl (C=O) groups is 2. The average Bonchev–Trinajstić information content (AvgIpc) is 3.43. The number of piperidine rings is 1. The number of halogens is 1. The topological polar surface area (TPSA) is 128 Å². The summed E-state index contributed by atoms with van der Waals surface area (Å²) in [7, 11) is -1.43. The molecule has 0 bridgehead atoms. The summed E-state index contributed by atoms with van der Waals surface area (Å²) in [5, 5.41) is 7.66. The molecule has 2 aliphatic heterocycles. The van der Waals surface area contributed by atoms with E-state index in [0.717, 1.165) is 47.2 Å². The fraction of sp³-hybridized carbons (Fsp3) is 0.435. The summed E-state index contributed by atoms with van der Waals surface area (Å²) in [6.07, 6.45) is 2.31. The molecule has 0 spiro atoms. The van der Waals surface area contributed by atoms with Crippen molar-refractivity contribution in [1.82, 2.24) is 29.8 Å². The summed E-state index contributed by atoms with van der Waals surface area (Å²) in [4.78, 5) is 37.1. The molecule has 0 saturated carbocycles. The third-order valence-electron chi connectivity index (χ3n) is 6.62. The normalized spacial score (nSPS) is 21.3. The Morgan fingerprint density at radius 1 is 1.17 bits per heavy atom. The van der Waals surface area contributed by atoms with Crippen molar-refractivity contribution in [3.8, 4) is 0 Å². The van der Waals surface area contributed by atoms with Gasteiger partial charge in [0.2, 0.25) is 10.0 Å². The highest BCUT2D eigenvalue weighted by Gasteiger charge is 2.36. The van der Waals surface area contributed by atoms with E-state index < -0.39 is 28.0 Å². The Bertz CT molecular complexity index is 1440. The van der Waals surface area contributed by atoms with Crippen LogP contribution in [0.1, 0.15) is 37.3 Å². The zero-order valence-corrected chi connectivity index (χ0v) is 22.3. The number of benzene rings is 1. The lowest BCUT2D eigenvalue weighted by Gasteiger charge is -2.37. The fourth-order valence-corrected chi connectivity index (χ4v) is 6.81. The van der Waals surface area contributed by atoms with Crippen LogP contribution in [0.15, 0.2) is 24.3 Å². The number of aromatic nitrogens is 2. The van der Waals surface area contributed by atoms with Crippen molar-refractivity contribution < 1.29 is 18.0 Å². The van der Waals surface area contributed by atoms with Gasteiger partial charge in [0.1, 0.15) is 5.69 Å². The van der Waals surface area contributed by atoms with Crippen molar-refractivity contribution in [3.63, 3.8) is 0 Å². The number of carbonyl (C=O) groups excluding carboxylic acids is 2. The molecule has 1 aromatic carbocycles. The third-order valence-corrected chi connectivity index (χ3v) is 9.21. The Labute approximate surface area is 218 Å². The quantitative estimate of drug-likeness (QED) is 0.445. The third kappa shape index (κ3) is 5.28. The first-order valence-corrected chi connectivity index (χ1v) is 14.6. The molecule has 10 nitrogen and oxygen atoms in total. The van der Waals surface area contributed by atoms with Gasteiger partial charge >= 0.3 is 0 Å². The molecule has 1 fully saturated rings. The van der Waals surface area contributed by atoms with Crippen LogP contribution >= 0.6 is 22.9 Å². The van der Waals surface area contributed by atoms with E-state index in [1.807, 2.05) is 7.05 Å². The van der Waals surface area contributed by atoms with Gasteiger partial charge in [0, 0.05) is 53.4 Å². The molecule has 36 heavy (non-hydrogen) atoms. The molecule has 13 heteroatoms. The maximum absolute atomic E-state index is 13.1. The Kier molecular flexibility index (Phi) is 6.81. The lowest BCUT2D eigenvalue weighted by molar-refractivity contribution is 0.0847. The van der Waals surface area contributed by atoms with E-state index in [2.05, 4.69) is 25.5 Å². The number of fused-ring (bicyclic) bond motifs is 2. The summed E-state index contributed by atoms with van der Waals surface area (Å²) >= 11 is 7.44. The zero-order valence-electron chi connectivity index (χ0n) is 19.9. The van der Waals surface area contributed by atoms with Crippen molar-refractivity contribution in [3.05, 3.63) is 50.6 Å². The molecule has 3 N–H and O–H groups in total. The second-order valence-electron chi connectivity index (χ2n) is 9.36. The number of H-pyrrole nitrogens is 1. The number of rotatable bonds is 5. The summed E-state index contributed by atoms with van der Waals surface area (Å²) in [5.41, 5.74) is 2.04. The molecule has 2 aromatic heterocycles. The van der Waals surface area contributed by atoms with Crippen LogP contribution < -0.4 is 10.6 Å². The predicted molar refractivity (Wildman–Crippen MR) is 139 cm³/mol. The van der Waals surface area contributed by atoms with Crippen molar-refractivity contribution in [2.24, 2.45) is 0 Å². The maximum atomic E-state index is 13.1.